The number of nitrogens with zero attached hydrogens (tertiary/aromatic N) is 1. The molecule has 29 heavy (non-hydrogen) atoms. The minimum Gasteiger partial charge on any atom is -0.355 e. The number of benzene rings is 2. The van der Waals surface area contributed by atoms with Crippen molar-refractivity contribution < 1.29 is 4.79 Å². The number of carbonyl (C=O) groups is 1. The number of rotatable bonds is 4. The molecule has 0 saturated carbocycles. The number of hydrogen-bond donors (Lipinski definition) is 2. The summed E-state index contributed by atoms with van der Waals surface area (Å²) in [5.74, 6) is -0.00172. The van der Waals surface area contributed by atoms with E-state index in [1.165, 1.54) is 43.3 Å². The van der Waals surface area contributed by atoms with Crippen LogP contribution in [-0.4, -0.2) is 28.9 Å². The van der Waals surface area contributed by atoms with Gasteiger partial charge in [-0.3, -0.25) is 9.69 Å². The lowest BCUT2D eigenvalue weighted by molar-refractivity contribution is 0.0966. The zero-order valence-electron chi connectivity index (χ0n) is 16.5. The van der Waals surface area contributed by atoms with Crippen LogP contribution in [-0.2, 0) is 13.1 Å². The Labute approximate surface area is 177 Å². The Morgan fingerprint density at radius 2 is 1.90 bits per heavy atom. The van der Waals surface area contributed by atoms with Gasteiger partial charge in [0.1, 0.15) is 0 Å². The summed E-state index contributed by atoms with van der Waals surface area (Å²) >= 11 is 0. The molecule has 0 radical (unpaired) electrons. The summed E-state index contributed by atoms with van der Waals surface area (Å²) in [6, 6.07) is 12.9. The molecule has 150 valence electrons. The summed E-state index contributed by atoms with van der Waals surface area (Å²) < 4.78 is 0. The second-order valence-corrected chi connectivity index (χ2v) is 7.88. The standard InChI is InChI=1S/C24H25N3O.ClH/c1-2-17-7-8-19(23-20(17)14-25-24(23)28)22-13-18-12-16(6-9-21(18)26-22)15-27-10-4-3-5-11-27;/h2,6-9,12-13,26H,1,3-5,10-11,14-15H2,(H,25,28);1H. The van der Waals surface area contributed by atoms with E-state index in [1.807, 2.05) is 12.1 Å². The summed E-state index contributed by atoms with van der Waals surface area (Å²) in [6.07, 6.45) is 5.80. The zero-order valence-corrected chi connectivity index (χ0v) is 17.3. The van der Waals surface area contributed by atoms with E-state index in [2.05, 4.69) is 52.1 Å². The highest BCUT2D eigenvalue weighted by Crippen LogP contribution is 2.33. The summed E-state index contributed by atoms with van der Waals surface area (Å²) in [5, 5.41) is 4.15. The summed E-state index contributed by atoms with van der Waals surface area (Å²) in [7, 11) is 0. The van der Waals surface area contributed by atoms with E-state index in [9.17, 15) is 4.79 Å². The van der Waals surface area contributed by atoms with Crippen molar-refractivity contribution in [2.45, 2.75) is 32.4 Å². The maximum atomic E-state index is 12.5. The first-order valence-corrected chi connectivity index (χ1v) is 10.1. The molecular weight excluding hydrogens is 382 g/mol. The van der Waals surface area contributed by atoms with E-state index in [4.69, 9.17) is 0 Å². The van der Waals surface area contributed by atoms with Crippen LogP contribution in [0.25, 0.3) is 28.2 Å². The minimum atomic E-state index is -0.00172. The van der Waals surface area contributed by atoms with Crippen LogP contribution in [0.15, 0.2) is 43.0 Å². The third-order valence-corrected chi connectivity index (χ3v) is 6.05. The Hall–Kier alpha value is -2.56. The van der Waals surface area contributed by atoms with Gasteiger partial charge in [-0.2, -0.15) is 0 Å². The lowest BCUT2D eigenvalue weighted by Crippen LogP contribution is -2.28. The monoisotopic (exact) mass is 407 g/mol. The van der Waals surface area contributed by atoms with Gasteiger partial charge in [-0.05, 0) is 60.8 Å². The molecule has 3 heterocycles. The van der Waals surface area contributed by atoms with E-state index in [1.54, 1.807) is 0 Å². The molecule has 5 rings (SSSR count). The second-order valence-electron chi connectivity index (χ2n) is 7.88. The Morgan fingerprint density at radius 1 is 1.07 bits per heavy atom. The molecule has 0 spiro atoms. The van der Waals surface area contributed by atoms with Crippen LogP contribution in [0.5, 0.6) is 0 Å². The van der Waals surface area contributed by atoms with Crippen molar-refractivity contribution in [2.24, 2.45) is 0 Å². The second kappa shape index (κ2) is 8.05. The third kappa shape index (κ3) is 3.59. The number of fused-ring (bicyclic) bond motifs is 2. The molecule has 1 saturated heterocycles. The SMILES string of the molecule is C=Cc1ccc(-c2cc3cc(CN4CCCCC4)ccc3[nH]2)c2c1CNC2=O.Cl. The van der Waals surface area contributed by atoms with Gasteiger partial charge in [0.15, 0.2) is 0 Å². The number of aromatic amines is 1. The van der Waals surface area contributed by atoms with Crippen molar-refractivity contribution in [3.8, 4) is 11.3 Å². The largest absolute Gasteiger partial charge is 0.355 e. The van der Waals surface area contributed by atoms with Gasteiger partial charge in [0.05, 0.1) is 5.56 Å². The molecule has 1 fully saturated rings. The van der Waals surface area contributed by atoms with Gasteiger partial charge in [-0.1, -0.05) is 37.3 Å². The number of hydrogen-bond acceptors (Lipinski definition) is 2. The number of piperidine rings is 1. The molecule has 3 aromatic rings. The molecule has 1 amide bonds. The van der Waals surface area contributed by atoms with E-state index in [0.717, 1.165) is 40.0 Å². The van der Waals surface area contributed by atoms with Crippen LogP contribution < -0.4 is 5.32 Å². The van der Waals surface area contributed by atoms with Crippen molar-refractivity contribution in [1.29, 1.82) is 0 Å². The normalized spacial score (nSPS) is 16.3. The number of amides is 1. The van der Waals surface area contributed by atoms with E-state index in [0.29, 0.717) is 6.54 Å². The fourth-order valence-electron chi connectivity index (χ4n) is 4.59. The van der Waals surface area contributed by atoms with Crippen molar-refractivity contribution in [1.82, 2.24) is 15.2 Å². The molecule has 5 heteroatoms. The molecular formula is C24H26ClN3O. The summed E-state index contributed by atoms with van der Waals surface area (Å²) in [5.41, 5.74) is 7.26. The van der Waals surface area contributed by atoms with Crippen LogP contribution in [0.2, 0.25) is 0 Å². The summed E-state index contributed by atoms with van der Waals surface area (Å²) in [4.78, 5) is 18.5. The first-order valence-electron chi connectivity index (χ1n) is 10.1. The fourth-order valence-corrected chi connectivity index (χ4v) is 4.59. The van der Waals surface area contributed by atoms with Gasteiger partial charge in [-0.15, -0.1) is 12.4 Å². The molecule has 1 aromatic heterocycles. The van der Waals surface area contributed by atoms with Crippen LogP contribution in [0.3, 0.4) is 0 Å². The molecule has 2 aliphatic rings. The first kappa shape index (κ1) is 19.7. The maximum Gasteiger partial charge on any atom is 0.252 e. The molecule has 2 N–H and O–H groups in total. The van der Waals surface area contributed by atoms with Gasteiger partial charge in [0.25, 0.3) is 5.91 Å². The predicted octanol–water partition coefficient (Wildman–Crippen LogP) is 5.13. The smallest absolute Gasteiger partial charge is 0.252 e. The number of carbonyl (C=O) groups excluding carboxylic acids is 1. The fraction of sp³-hybridized carbons (Fsp3) is 0.292. The molecule has 0 unspecified atom stereocenters. The highest BCUT2D eigenvalue weighted by atomic mass is 35.5. The van der Waals surface area contributed by atoms with E-state index >= 15 is 0 Å². The lowest BCUT2D eigenvalue weighted by atomic mass is 9.96. The van der Waals surface area contributed by atoms with Gasteiger partial charge in [-0.25, -0.2) is 0 Å². The van der Waals surface area contributed by atoms with Crippen LogP contribution in [0.1, 0.15) is 46.3 Å². The zero-order chi connectivity index (χ0) is 19.1. The van der Waals surface area contributed by atoms with Gasteiger partial charge in [0, 0.05) is 35.2 Å². The lowest BCUT2D eigenvalue weighted by Gasteiger charge is -2.26. The Bertz CT molecular complexity index is 1080. The van der Waals surface area contributed by atoms with Gasteiger partial charge < -0.3 is 10.3 Å². The Balaban J connectivity index is 0.00000205. The van der Waals surface area contributed by atoms with E-state index < -0.39 is 0 Å². The molecule has 4 nitrogen and oxygen atoms in total. The first-order chi connectivity index (χ1) is 13.7. The Kier molecular flexibility index (Phi) is 5.48. The highest BCUT2D eigenvalue weighted by molar-refractivity contribution is 6.06. The van der Waals surface area contributed by atoms with Crippen molar-refractivity contribution in [3.63, 3.8) is 0 Å². The van der Waals surface area contributed by atoms with Gasteiger partial charge in [0.2, 0.25) is 0 Å². The average Bonchev–Trinajstić information content (AvgIpc) is 3.32. The van der Waals surface area contributed by atoms with Crippen LogP contribution >= 0.6 is 12.4 Å². The average molecular weight is 408 g/mol. The Morgan fingerprint density at radius 3 is 2.69 bits per heavy atom. The molecule has 0 atom stereocenters. The number of halogens is 1. The van der Waals surface area contributed by atoms with Crippen molar-refractivity contribution in [3.05, 3.63) is 65.2 Å². The van der Waals surface area contributed by atoms with Crippen LogP contribution in [0.4, 0.5) is 0 Å². The molecule has 2 aliphatic heterocycles. The predicted molar refractivity (Wildman–Crippen MR) is 121 cm³/mol. The quantitative estimate of drug-likeness (QED) is 0.629. The third-order valence-electron chi connectivity index (χ3n) is 6.05. The number of nitrogens with one attached hydrogen (secondary N) is 2. The number of likely N-dealkylation sites (tertiary alicyclic amines) is 1. The highest BCUT2D eigenvalue weighted by Gasteiger charge is 2.25. The molecule has 0 aliphatic carbocycles. The molecule has 2 aromatic carbocycles. The number of aromatic nitrogens is 1. The van der Waals surface area contributed by atoms with Crippen molar-refractivity contribution >= 4 is 35.3 Å². The van der Waals surface area contributed by atoms with Crippen LogP contribution in [0, 0.1) is 0 Å². The minimum absolute atomic E-state index is 0. The van der Waals surface area contributed by atoms with Gasteiger partial charge >= 0.3 is 0 Å². The number of H-pyrrole nitrogens is 1. The molecule has 0 bridgehead atoms. The van der Waals surface area contributed by atoms with E-state index in [-0.39, 0.29) is 18.3 Å². The topological polar surface area (TPSA) is 48.1 Å². The maximum absolute atomic E-state index is 12.5. The van der Waals surface area contributed by atoms with Crippen molar-refractivity contribution in [2.75, 3.05) is 13.1 Å². The summed E-state index contributed by atoms with van der Waals surface area (Å²) in [6.45, 7) is 7.87.